The van der Waals surface area contributed by atoms with Gasteiger partial charge in [0.2, 0.25) is 0 Å². The van der Waals surface area contributed by atoms with Gasteiger partial charge in [-0.05, 0) is 42.8 Å². The first-order chi connectivity index (χ1) is 15.8. The molecule has 1 fully saturated rings. The summed E-state index contributed by atoms with van der Waals surface area (Å²) >= 11 is 0. The van der Waals surface area contributed by atoms with E-state index < -0.39 is 0 Å². The fraction of sp³-hybridized carbons (Fsp3) is 0.250. The molecule has 4 aromatic rings. The van der Waals surface area contributed by atoms with Gasteiger partial charge in [-0.25, -0.2) is 4.98 Å². The van der Waals surface area contributed by atoms with Crippen molar-refractivity contribution in [2.45, 2.75) is 18.9 Å². The number of aromatic amines is 1. The van der Waals surface area contributed by atoms with Crippen LogP contribution in [0.2, 0.25) is 0 Å². The number of nitrogens with one attached hydrogen (secondary N) is 2. The zero-order valence-electron chi connectivity index (χ0n) is 17.6. The van der Waals surface area contributed by atoms with Crippen molar-refractivity contribution >= 4 is 22.8 Å². The van der Waals surface area contributed by atoms with Gasteiger partial charge in [-0.2, -0.15) is 5.10 Å². The number of H-pyrrole nitrogens is 1. The number of benzene rings is 1. The first kappa shape index (κ1) is 20.0. The summed E-state index contributed by atoms with van der Waals surface area (Å²) < 4.78 is 5.60. The lowest BCUT2D eigenvalue weighted by molar-refractivity contribution is -0.132. The van der Waals surface area contributed by atoms with E-state index in [2.05, 4.69) is 20.5 Å². The molecule has 1 amide bonds. The summed E-state index contributed by atoms with van der Waals surface area (Å²) in [7, 11) is 0. The largest absolute Gasteiger partial charge is 0.484 e. The van der Waals surface area contributed by atoms with E-state index in [0.29, 0.717) is 25.4 Å². The van der Waals surface area contributed by atoms with E-state index >= 15 is 0 Å². The number of fused-ring (bicyclic) bond motifs is 1. The molecule has 5 rings (SSSR count). The van der Waals surface area contributed by atoms with E-state index in [9.17, 15) is 4.79 Å². The van der Waals surface area contributed by atoms with Crippen molar-refractivity contribution in [3.8, 4) is 5.75 Å². The van der Waals surface area contributed by atoms with Crippen LogP contribution in [0.15, 0.2) is 66.9 Å². The van der Waals surface area contributed by atoms with E-state index in [1.54, 1.807) is 6.20 Å². The van der Waals surface area contributed by atoms with Crippen LogP contribution in [0.3, 0.4) is 0 Å². The Morgan fingerprint density at radius 3 is 2.84 bits per heavy atom. The molecular weight excluding hydrogens is 404 g/mol. The fourth-order valence-electron chi connectivity index (χ4n) is 3.94. The number of nitrogens with zero attached hydrogens (tertiary/aromatic N) is 4. The van der Waals surface area contributed by atoms with Crippen LogP contribution in [0.25, 0.3) is 11.0 Å². The minimum atomic E-state index is -0.0000194. The summed E-state index contributed by atoms with van der Waals surface area (Å²) in [6.45, 7) is 2.00. The molecule has 0 saturated carbocycles. The SMILES string of the molecule is O=C(COc1ccccc1)N1CCC(c2ccc3c(NCc4ccccn4)n[nH]c3n2)C1. The number of rotatable bonds is 7. The van der Waals surface area contributed by atoms with Crippen LogP contribution in [0, 0.1) is 0 Å². The number of hydrogen-bond acceptors (Lipinski definition) is 6. The molecule has 0 radical (unpaired) electrons. The second kappa shape index (κ2) is 9.05. The van der Waals surface area contributed by atoms with Crippen molar-refractivity contribution in [2.75, 3.05) is 25.0 Å². The second-order valence-corrected chi connectivity index (χ2v) is 7.81. The number of carbonyl (C=O) groups excluding carboxylic acids is 1. The molecule has 32 heavy (non-hydrogen) atoms. The molecule has 1 aliphatic heterocycles. The van der Waals surface area contributed by atoms with Crippen molar-refractivity contribution < 1.29 is 9.53 Å². The normalized spacial score (nSPS) is 15.8. The van der Waals surface area contributed by atoms with E-state index in [4.69, 9.17) is 9.72 Å². The Kier molecular flexibility index (Phi) is 5.65. The molecule has 4 heterocycles. The summed E-state index contributed by atoms with van der Waals surface area (Å²) in [5, 5.41) is 11.6. The quantitative estimate of drug-likeness (QED) is 0.469. The molecule has 1 unspecified atom stereocenters. The van der Waals surface area contributed by atoms with E-state index in [1.807, 2.05) is 65.6 Å². The number of carbonyl (C=O) groups is 1. The van der Waals surface area contributed by atoms with Crippen molar-refractivity contribution in [3.05, 3.63) is 78.2 Å². The summed E-state index contributed by atoms with van der Waals surface area (Å²) in [6.07, 6.45) is 2.66. The molecule has 2 N–H and O–H groups in total. The van der Waals surface area contributed by atoms with Crippen LogP contribution in [-0.4, -0.2) is 50.7 Å². The van der Waals surface area contributed by atoms with E-state index in [0.717, 1.165) is 34.7 Å². The number of aromatic nitrogens is 4. The first-order valence-corrected chi connectivity index (χ1v) is 10.7. The summed E-state index contributed by atoms with van der Waals surface area (Å²) in [6, 6.07) is 19.3. The van der Waals surface area contributed by atoms with Crippen LogP contribution in [0.5, 0.6) is 5.75 Å². The number of para-hydroxylation sites is 1. The van der Waals surface area contributed by atoms with Gasteiger partial charge in [0.25, 0.3) is 5.91 Å². The van der Waals surface area contributed by atoms with Gasteiger partial charge in [0, 0.05) is 30.9 Å². The monoisotopic (exact) mass is 428 g/mol. The second-order valence-electron chi connectivity index (χ2n) is 7.81. The number of amides is 1. The van der Waals surface area contributed by atoms with Gasteiger partial charge in [-0.3, -0.25) is 14.9 Å². The molecule has 0 aliphatic carbocycles. The van der Waals surface area contributed by atoms with E-state index in [1.165, 1.54) is 0 Å². The summed E-state index contributed by atoms with van der Waals surface area (Å²) in [4.78, 5) is 23.5. The maximum Gasteiger partial charge on any atom is 0.260 e. The molecule has 162 valence electrons. The van der Waals surface area contributed by atoms with Gasteiger partial charge in [-0.1, -0.05) is 24.3 Å². The van der Waals surface area contributed by atoms with Gasteiger partial charge in [0.05, 0.1) is 17.6 Å². The standard InChI is InChI=1S/C24H24N6O2/c31-22(16-32-19-7-2-1-3-8-19)30-13-11-17(15-30)21-10-9-20-23(28-29-24(20)27-21)26-14-18-6-4-5-12-25-18/h1-10,12,17H,11,13-16H2,(H2,26,27,28,29). The highest BCUT2D eigenvalue weighted by molar-refractivity contribution is 5.87. The van der Waals surface area contributed by atoms with Crippen LogP contribution in [-0.2, 0) is 11.3 Å². The Hall–Kier alpha value is -3.94. The smallest absolute Gasteiger partial charge is 0.260 e. The molecule has 1 aliphatic rings. The first-order valence-electron chi connectivity index (χ1n) is 10.7. The van der Waals surface area contributed by atoms with Gasteiger partial charge < -0.3 is 15.0 Å². The molecule has 0 bridgehead atoms. The van der Waals surface area contributed by atoms with Crippen molar-refractivity contribution in [1.29, 1.82) is 0 Å². The number of hydrogen-bond donors (Lipinski definition) is 2. The molecule has 1 aromatic carbocycles. The molecule has 8 nitrogen and oxygen atoms in total. The average molecular weight is 428 g/mol. The number of pyridine rings is 2. The fourth-order valence-corrected chi connectivity index (χ4v) is 3.94. The minimum absolute atomic E-state index is 0.0000194. The highest BCUT2D eigenvalue weighted by atomic mass is 16.5. The highest BCUT2D eigenvalue weighted by Gasteiger charge is 2.28. The zero-order chi connectivity index (χ0) is 21.8. The highest BCUT2D eigenvalue weighted by Crippen LogP contribution is 2.28. The van der Waals surface area contributed by atoms with Crippen LogP contribution in [0.1, 0.15) is 23.7 Å². The number of likely N-dealkylation sites (tertiary alicyclic amines) is 1. The molecule has 3 aromatic heterocycles. The van der Waals surface area contributed by atoms with E-state index in [-0.39, 0.29) is 18.4 Å². The maximum absolute atomic E-state index is 12.6. The Bertz CT molecular complexity index is 1200. The molecule has 1 atom stereocenters. The summed E-state index contributed by atoms with van der Waals surface area (Å²) in [5.41, 5.74) is 2.65. The van der Waals surface area contributed by atoms with Gasteiger partial charge in [0.15, 0.2) is 18.1 Å². The Balaban J connectivity index is 1.20. The molecular formula is C24H24N6O2. The lowest BCUT2D eigenvalue weighted by Gasteiger charge is -2.17. The van der Waals surface area contributed by atoms with Crippen LogP contribution in [0.4, 0.5) is 5.82 Å². The molecule has 8 heteroatoms. The predicted molar refractivity (Wildman–Crippen MR) is 121 cm³/mol. The topological polar surface area (TPSA) is 96.0 Å². The maximum atomic E-state index is 12.6. The molecule has 0 spiro atoms. The van der Waals surface area contributed by atoms with Gasteiger partial charge in [0.1, 0.15) is 5.75 Å². The van der Waals surface area contributed by atoms with Crippen LogP contribution < -0.4 is 10.1 Å². The van der Waals surface area contributed by atoms with Crippen molar-refractivity contribution in [1.82, 2.24) is 25.1 Å². The lowest BCUT2D eigenvalue weighted by Crippen LogP contribution is -2.32. The Morgan fingerprint density at radius 1 is 1.12 bits per heavy atom. The van der Waals surface area contributed by atoms with Gasteiger partial charge >= 0.3 is 0 Å². The summed E-state index contributed by atoms with van der Waals surface area (Å²) in [5.74, 6) is 1.66. The van der Waals surface area contributed by atoms with Crippen LogP contribution >= 0.6 is 0 Å². The third-order valence-electron chi connectivity index (χ3n) is 5.67. The van der Waals surface area contributed by atoms with Crippen molar-refractivity contribution in [2.24, 2.45) is 0 Å². The number of anilines is 1. The third kappa shape index (κ3) is 4.39. The minimum Gasteiger partial charge on any atom is -0.484 e. The Morgan fingerprint density at radius 2 is 2.00 bits per heavy atom. The van der Waals surface area contributed by atoms with Gasteiger partial charge in [-0.15, -0.1) is 0 Å². The zero-order valence-corrected chi connectivity index (χ0v) is 17.6. The number of ether oxygens (including phenoxy) is 1. The molecule has 1 saturated heterocycles. The Labute approximate surface area is 185 Å². The lowest BCUT2D eigenvalue weighted by atomic mass is 10.0. The average Bonchev–Trinajstić information content (AvgIpc) is 3.50. The predicted octanol–water partition coefficient (Wildman–Crippen LogP) is 3.36. The third-order valence-corrected chi connectivity index (χ3v) is 5.67. The van der Waals surface area contributed by atoms with Crippen molar-refractivity contribution in [3.63, 3.8) is 0 Å².